The summed E-state index contributed by atoms with van der Waals surface area (Å²) in [5.41, 5.74) is 1.53. The average Bonchev–Trinajstić information content (AvgIpc) is 2.62. The molecule has 0 aliphatic heterocycles. The van der Waals surface area contributed by atoms with Crippen molar-refractivity contribution in [2.24, 2.45) is 0 Å². The Hall–Kier alpha value is -2.53. The summed E-state index contributed by atoms with van der Waals surface area (Å²) < 4.78 is 23.7. The van der Waals surface area contributed by atoms with E-state index >= 15 is 0 Å². The van der Waals surface area contributed by atoms with Gasteiger partial charge in [-0.05, 0) is 55.3 Å². The summed E-state index contributed by atoms with van der Waals surface area (Å²) in [6.45, 7) is 4.15. The molecule has 2 aromatic carbocycles. The molecule has 4 nitrogen and oxygen atoms in total. The second-order valence-corrected chi connectivity index (χ2v) is 5.99. The molecule has 0 unspecified atom stereocenters. The van der Waals surface area contributed by atoms with Crippen LogP contribution >= 0.6 is 11.6 Å². The molecular weight excluding hydrogens is 357 g/mol. The molecule has 6 heteroatoms. The first-order valence-corrected chi connectivity index (χ1v) is 8.56. The summed E-state index contributed by atoms with van der Waals surface area (Å²) >= 11 is 6.21. The van der Waals surface area contributed by atoms with Crippen LogP contribution in [-0.4, -0.2) is 19.6 Å². The highest BCUT2D eigenvalue weighted by Crippen LogP contribution is 2.36. The molecule has 138 valence electrons. The molecule has 1 atom stereocenters. The molecule has 0 aliphatic carbocycles. The lowest BCUT2D eigenvalue weighted by molar-refractivity contribution is -0.117. The summed E-state index contributed by atoms with van der Waals surface area (Å²) in [5.74, 6) is 0.390. The Morgan fingerprint density at radius 2 is 2.00 bits per heavy atom. The lowest BCUT2D eigenvalue weighted by Crippen LogP contribution is -2.24. The second kappa shape index (κ2) is 9.25. The molecule has 1 N–H and O–H groups in total. The number of carbonyl (C=O) groups excluding carboxylic acids is 1. The number of benzene rings is 2. The van der Waals surface area contributed by atoms with E-state index in [0.29, 0.717) is 28.7 Å². The van der Waals surface area contributed by atoms with Crippen molar-refractivity contribution in [3.8, 4) is 11.5 Å². The molecule has 0 saturated carbocycles. The molecule has 0 aromatic heterocycles. The summed E-state index contributed by atoms with van der Waals surface area (Å²) in [5, 5.41) is 3.23. The summed E-state index contributed by atoms with van der Waals surface area (Å²) in [4.78, 5) is 12.1. The van der Waals surface area contributed by atoms with Gasteiger partial charge < -0.3 is 14.8 Å². The van der Waals surface area contributed by atoms with Crippen LogP contribution in [-0.2, 0) is 4.79 Å². The minimum Gasteiger partial charge on any atom is -0.493 e. The smallest absolute Gasteiger partial charge is 0.244 e. The Kier molecular flexibility index (Phi) is 7.04. The van der Waals surface area contributed by atoms with Crippen LogP contribution in [0.2, 0.25) is 5.02 Å². The Labute approximate surface area is 157 Å². The third-order valence-corrected chi connectivity index (χ3v) is 3.98. The van der Waals surface area contributed by atoms with Crippen molar-refractivity contribution in [3.05, 3.63) is 64.4 Å². The van der Waals surface area contributed by atoms with Gasteiger partial charge in [0.15, 0.2) is 11.5 Å². The molecule has 0 spiro atoms. The molecule has 0 radical (unpaired) electrons. The average molecular weight is 378 g/mol. The van der Waals surface area contributed by atoms with E-state index in [9.17, 15) is 9.18 Å². The van der Waals surface area contributed by atoms with Gasteiger partial charge in [0.05, 0.1) is 24.8 Å². The van der Waals surface area contributed by atoms with E-state index in [1.807, 2.05) is 13.8 Å². The first-order chi connectivity index (χ1) is 12.4. The molecule has 0 fully saturated rings. The third kappa shape index (κ3) is 5.23. The van der Waals surface area contributed by atoms with Crippen LogP contribution in [0.5, 0.6) is 11.5 Å². The van der Waals surface area contributed by atoms with E-state index < -0.39 is 0 Å². The number of amides is 1. The van der Waals surface area contributed by atoms with Crippen LogP contribution in [0.25, 0.3) is 6.08 Å². The zero-order valence-electron chi connectivity index (χ0n) is 14.9. The van der Waals surface area contributed by atoms with Gasteiger partial charge in [-0.1, -0.05) is 23.7 Å². The van der Waals surface area contributed by atoms with Crippen molar-refractivity contribution in [2.45, 2.75) is 19.9 Å². The number of nitrogens with one attached hydrogen (secondary N) is 1. The van der Waals surface area contributed by atoms with Gasteiger partial charge in [0.1, 0.15) is 5.82 Å². The maximum Gasteiger partial charge on any atom is 0.244 e. The normalized spacial score (nSPS) is 12.0. The topological polar surface area (TPSA) is 47.6 Å². The Balaban J connectivity index is 2.07. The van der Waals surface area contributed by atoms with Crippen LogP contribution in [0.3, 0.4) is 0 Å². The number of ether oxygens (including phenoxy) is 2. The molecular formula is C20H21ClFNO3. The van der Waals surface area contributed by atoms with Gasteiger partial charge in [-0.25, -0.2) is 4.39 Å². The Morgan fingerprint density at radius 1 is 1.31 bits per heavy atom. The predicted octanol–water partition coefficient (Wildman–Crippen LogP) is 4.78. The molecule has 2 rings (SSSR count). The van der Waals surface area contributed by atoms with Crippen molar-refractivity contribution < 1.29 is 18.7 Å². The van der Waals surface area contributed by atoms with Gasteiger partial charge in [-0.15, -0.1) is 0 Å². The van der Waals surface area contributed by atoms with E-state index in [0.717, 1.165) is 5.56 Å². The number of hydrogen-bond donors (Lipinski definition) is 1. The van der Waals surface area contributed by atoms with Crippen LogP contribution in [0.4, 0.5) is 4.39 Å². The van der Waals surface area contributed by atoms with Crippen LogP contribution in [0.1, 0.15) is 31.0 Å². The third-order valence-electron chi connectivity index (χ3n) is 3.70. The van der Waals surface area contributed by atoms with E-state index in [2.05, 4.69) is 5.32 Å². The maximum atomic E-state index is 13.0. The number of halogens is 2. The maximum absolute atomic E-state index is 13.0. The van der Waals surface area contributed by atoms with E-state index in [4.69, 9.17) is 21.1 Å². The van der Waals surface area contributed by atoms with Crippen LogP contribution in [0, 0.1) is 5.82 Å². The van der Waals surface area contributed by atoms with Gasteiger partial charge >= 0.3 is 0 Å². The molecule has 0 heterocycles. The number of methoxy groups -OCH3 is 1. The largest absolute Gasteiger partial charge is 0.493 e. The van der Waals surface area contributed by atoms with E-state index in [-0.39, 0.29) is 17.8 Å². The lowest BCUT2D eigenvalue weighted by Gasteiger charge is -2.13. The van der Waals surface area contributed by atoms with Crippen LogP contribution in [0.15, 0.2) is 42.5 Å². The first kappa shape index (κ1) is 19.8. The Bertz CT molecular complexity index is 790. The number of carbonyl (C=O) groups is 1. The summed E-state index contributed by atoms with van der Waals surface area (Å²) in [7, 11) is 1.53. The molecule has 0 saturated heterocycles. The van der Waals surface area contributed by atoms with Crippen molar-refractivity contribution in [1.29, 1.82) is 0 Å². The molecule has 2 aromatic rings. The minimum atomic E-state index is -0.312. The fraction of sp³-hybridized carbons (Fsp3) is 0.250. The molecule has 1 amide bonds. The zero-order chi connectivity index (χ0) is 19.1. The van der Waals surface area contributed by atoms with Crippen molar-refractivity contribution in [1.82, 2.24) is 5.32 Å². The van der Waals surface area contributed by atoms with E-state index in [1.165, 1.54) is 25.3 Å². The minimum absolute atomic E-state index is 0.244. The second-order valence-electron chi connectivity index (χ2n) is 5.58. The van der Waals surface area contributed by atoms with Crippen LogP contribution < -0.4 is 14.8 Å². The highest BCUT2D eigenvalue weighted by molar-refractivity contribution is 6.32. The highest BCUT2D eigenvalue weighted by atomic mass is 35.5. The van der Waals surface area contributed by atoms with Gasteiger partial charge in [0, 0.05) is 6.08 Å². The van der Waals surface area contributed by atoms with Crippen molar-refractivity contribution >= 4 is 23.6 Å². The molecule has 0 aliphatic rings. The Morgan fingerprint density at radius 3 is 2.62 bits per heavy atom. The van der Waals surface area contributed by atoms with Gasteiger partial charge in [0.25, 0.3) is 0 Å². The molecule has 26 heavy (non-hydrogen) atoms. The van der Waals surface area contributed by atoms with Gasteiger partial charge in [-0.3, -0.25) is 4.79 Å². The standard InChI is InChI=1S/C20H21ClFNO3/c1-4-26-20-17(21)11-14(12-18(20)25-3)5-10-19(24)23-13(2)15-6-8-16(22)9-7-15/h5-13H,4H2,1-3H3,(H,23,24)/b10-5+/t13-/m1/s1. The molecule has 0 bridgehead atoms. The number of rotatable bonds is 7. The monoisotopic (exact) mass is 377 g/mol. The summed E-state index contributed by atoms with van der Waals surface area (Å²) in [6, 6.07) is 9.20. The fourth-order valence-electron chi connectivity index (χ4n) is 2.39. The number of hydrogen-bond acceptors (Lipinski definition) is 3. The van der Waals surface area contributed by atoms with Crippen molar-refractivity contribution in [3.63, 3.8) is 0 Å². The summed E-state index contributed by atoms with van der Waals surface area (Å²) in [6.07, 6.45) is 3.04. The SMILES string of the molecule is CCOc1c(Cl)cc(/C=C/C(=O)N[C@H](C)c2ccc(F)cc2)cc1OC. The first-order valence-electron chi connectivity index (χ1n) is 8.19. The lowest BCUT2D eigenvalue weighted by atomic mass is 10.1. The van der Waals surface area contributed by atoms with Gasteiger partial charge in [0.2, 0.25) is 5.91 Å². The fourth-order valence-corrected chi connectivity index (χ4v) is 2.66. The highest BCUT2D eigenvalue weighted by Gasteiger charge is 2.11. The zero-order valence-corrected chi connectivity index (χ0v) is 15.6. The quantitative estimate of drug-likeness (QED) is 0.706. The van der Waals surface area contributed by atoms with Gasteiger partial charge in [-0.2, -0.15) is 0 Å². The van der Waals surface area contributed by atoms with Crippen molar-refractivity contribution in [2.75, 3.05) is 13.7 Å². The predicted molar refractivity (Wildman–Crippen MR) is 101 cm³/mol. The van der Waals surface area contributed by atoms with E-state index in [1.54, 1.807) is 30.3 Å².